The van der Waals surface area contributed by atoms with Crippen LogP contribution in [0, 0.1) is 5.92 Å². The average molecular weight is 310 g/mol. The Labute approximate surface area is 139 Å². The second-order valence-corrected chi connectivity index (χ2v) is 6.16. The second kappa shape index (κ2) is 8.52. The van der Waals surface area contributed by atoms with E-state index < -0.39 is 0 Å². The number of carbonyl (C=O) groups excluding carboxylic acids is 1. The van der Waals surface area contributed by atoms with E-state index >= 15 is 0 Å². The Hall–Kier alpha value is -2.09. The molecule has 0 amide bonds. The predicted molar refractivity (Wildman–Crippen MR) is 95.7 cm³/mol. The normalized spacial score (nSPS) is 13.3. The van der Waals surface area contributed by atoms with Crippen molar-refractivity contribution in [2.45, 2.75) is 46.1 Å². The van der Waals surface area contributed by atoms with E-state index in [1.807, 2.05) is 42.5 Å². The lowest BCUT2D eigenvalue weighted by atomic mass is 9.95. The molecule has 0 bridgehead atoms. The zero-order valence-corrected chi connectivity index (χ0v) is 14.3. The van der Waals surface area contributed by atoms with Gasteiger partial charge in [0.2, 0.25) is 0 Å². The van der Waals surface area contributed by atoms with Crippen LogP contribution in [-0.4, -0.2) is 11.9 Å². The second-order valence-electron chi connectivity index (χ2n) is 6.16. The van der Waals surface area contributed by atoms with Crippen LogP contribution in [0.1, 0.15) is 40.0 Å². The van der Waals surface area contributed by atoms with Crippen molar-refractivity contribution in [3.8, 4) is 16.9 Å². The number of benzene rings is 2. The molecule has 2 heteroatoms. The van der Waals surface area contributed by atoms with E-state index in [1.165, 1.54) is 5.56 Å². The number of ether oxygens (including phenoxy) is 1. The van der Waals surface area contributed by atoms with Crippen LogP contribution in [0.2, 0.25) is 0 Å². The molecule has 2 unspecified atom stereocenters. The number of Topliss-reactive ketones (excluding diaryl/α,β-unsaturated/α-hetero) is 1. The smallest absolute Gasteiger partial charge is 0.170 e. The summed E-state index contributed by atoms with van der Waals surface area (Å²) in [5.74, 6) is 1.09. The van der Waals surface area contributed by atoms with Crippen LogP contribution in [0.25, 0.3) is 11.1 Å². The lowest BCUT2D eigenvalue weighted by Gasteiger charge is -2.23. The minimum atomic E-state index is -0.357. The van der Waals surface area contributed by atoms with Gasteiger partial charge in [-0.05, 0) is 36.6 Å². The van der Waals surface area contributed by atoms with Crippen LogP contribution >= 0.6 is 0 Å². The van der Waals surface area contributed by atoms with Crippen LogP contribution in [0.4, 0.5) is 0 Å². The summed E-state index contributed by atoms with van der Waals surface area (Å²) in [6, 6.07) is 18.2. The highest BCUT2D eigenvalue weighted by molar-refractivity contribution is 5.81. The molecule has 0 aromatic heterocycles. The van der Waals surface area contributed by atoms with Gasteiger partial charge >= 0.3 is 0 Å². The molecular formula is C21H26O2. The number of unbranched alkanes of at least 4 members (excludes halogenated alkanes) is 1. The van der Waals surface area contributed by atoms with Crippen molar-refractivity contribution in [1.82, 2.24) is 0 Å². The first-order valence-corrected chi connectivity index (χ1v) is 8.44. The quantitative estimate of drug-likeness (QED) is 0.642. The first-order valence-electron chi connectivity index (χ1n) is 8.44. The first-order chi connectivity index (χ1) is 11.1. The molecule has 2 aromatic carbocycles. The molecule has 0 saturated heterocycles. The first kappa shape index (κ1) is 17.3. The van der Waals surface area contributed by atoms with Gasteiger partial charge < -0.3 is 4.74 Å². The molecule has 0 saturated carbocycles. The fraction of sp³-hybridized carbons (Fsp3) is 0.381. The van der Waals surface area contributed by atoms with Gasteiger partial charge in [0.05, 0.1) is 0 Å². The highest BCUT2D eigenvalue weighted by atomic mass is 16.5. The Morgan fingerprint density at radius 3 is 2.17 bits per heavy atom. The van der Waals surface area contributed by atoms with Gasteiger partial charge in [0.15, 0.2) is 11.9 Å². The van der Waals surface area contributed by atoms with Gasteiger partial charge in [0.1, 0.15) is 5.75 Å². The molecule has 0 aliphatic carbocycles. The maximum Gasteiger partial charge on any atom is 0.170 e. The lowest BCUT2D eigenvalue weighted by Crippen LogP contribution is -2.32. The van der Waals surface area contributed by atoms with Crippen LogP contribution in [0.5, 0.6) is 5.75 Å². The van der Waals surface area contributed by atoms with Gasteiger partial charge in [-0.3, -0.25) is 4.79 Å². The van der Waals surface area contributed by atoms with Crippen LogP contribution in [-0.2, 0) is 4.79 Å². The van der Waals surface area contributed by atoms with Crippen LogP contribution in [0.3, 0.4) is 0 Å². The fourth-order valence-electron chi connectivity index (χ4n) is 2.78. The Morgan fingerprint density at radius 2 is 1.61 bits per heavy atom. The van der Waals surface area contributed by atoms with E-state index in [-0.39, 0.29) is 17.8 Å². The zero-order valence-electron chi connectivity index (χ0n) is 14.3. The molecule has 0 N–H and O–H groups in total. The summed E-state index contributed by atoms with van der Waals surface area (Å²) in [6.07, 6.45) is 2.93. The lowest BCUT2D eigenvalue weighted by molar-refractivity contribution is -0.125. The molecule has 23 heavy (non-hydrogen) atoms. The molecule has 0 aliphatic heterocycles. The van der Waals surface area contributed by atoms with Crippen molar-refractivity contribution in [3.05, 3.63) is 54.6 Å². The fourth-order valence-corrected chi connectivity index (χ4v) is 2.78. The van der Waals surface area contributed by atoms with Crippen molar-refractivity contribution < 1.29 is 9.53 Å². The zero-order chi connectivity index (χ0) is 16.7. The largest absolute Gasteiger partial charge is 0.482 e. The number of carbonyl (C=O) groups is 1. The number of ketones is 1. The van der Waals surface area contributed by atoms with E-state index in [4.69, 9.17) is 4.74 Å². The Bertz CT molecular complexity index is 601. The topological polar surface area (TPSA) is 26.3 Å². The summed E-state index contributed by atoms with van der Waals surface area (Å²) in [4.78, 5) is 11.9. The molecule has 2 atom stereocenters. The van der Waals surface area contributed by atoms with Crippen molar-refractivity contribution in [2.24, 2.45) is 5.92 Å². The monoisotopic (exact) mass is 310 g/mol. The SMILES string of the molecule is CCCCC(C)C(Oc1ccc(-c2ccccc2)cc1)C(C)=O. The van der Waals surface area contributed by atoms with E-state index in [9.17, 15) is 4.79 Å². The highest BCUT2D eigenvalue weighted by Gasteiger charge is 2.23. The van der Waals surface area contributed by atoms with E-state index in [0.29, 0.717) is 0 Å². The van der Waals surface area contributed by atoms with Crippen LogP contribution in [0.15, 0.2) is 54.6 Å². The highest BCUT2D eigenvalue weighted by Crippen LogP contribution is 2.25. The Kier molecular flexibility index (Phi) is 6.40. The molecule has 0 heterocycles. The number of hydrogen-bond donors (Lipinski definition) is 0. The molecule has 2 rings (SSSR count). The van der Waals surface area contributed by atoms with Gasteiger partial charge in [-0.1, -0.05) is 69.2 Å². The minimum Gasteiger partial charge on any atom is -0.482 e. The van der Waals surface area contributed by atoms with Gasteiger partial charge in [0, 0.05) is 5.92 Å². The summed E-state index contributed by atoms with van der Waals surface area (Å²) in [5.41, 5.74) is 2.33. The third-order valence-electron chi connectivity index (χ3n) is 4.16. The van der Waals surface area contributed by atoms with Crippen LogP contribution < -0.4 is 4.74 Å². The molecule has 0 aliphatic rings. The van der Waals surface area contributed by atoms with E-state index in [0.717, 1.165) is 30.6 Å². The molecule has 0 spiro atoms. The summed E-state index contributed by atoms with van der Waals surface area (Å²) in [7, 11) is 0. The number of rotatable bonds is 8. The Morgan fingerprint density at radius 1 is 1.00 bits per heavy atom. The molecular weight excluding hydrogens is 284 g/mol. The summed E-state index contributed by atoms with van der Waals surface area (Å²) in [5, 5.41) is 0. The van der Waals surface area contributed by atoms with E-state index in [1.54, 1.807) is 6.92 Å². The standard InChI is InChI=1S/C21H26O2/c1-4-5-9-16(2)21(17(3)22)23-20-14-12-19(13-15-20)18-10-7-6-8-11-18/h6-8,10-16,21H,4-5,9H2,1-3H3. The minimum absolute atomic E-state index is 0.0979. The summed E-state index contributed by atoms with van der Waals surface area (Å²) >= 11 is 0. The van der Waals surface area contributed by atoms with E-state index in [2.05, 4.69) is 26.0 Å². The molecule has 2 nitrogen and oxygen atoms in total. The van der Waals surface area contributed by atoms with Crippen molar-refractivity contribution in [1.29, 1.82) is 0 Å². The van der Waals surface area contributed by atoms with Gasteiger partial charge in [-0.2, -0.15) is 0 Å². The van der Waals surface area contributed by atoms with Gasteiger partial charge in [0.25, 0.3) is 0 Å². The Balaban J connectivity index is 2.07. The molecule has 2 aromatic rings. The molecule has 0 fully saturated rings. The summed E-state index contributed by atoms with van der Waals surface area (Å²) in [6.45, 7) is 5.88. The number of hydrogen-bond acceptors (Lipinski definition) is 2. The molecule has 0 radical (unpaired) electrons. The maximum atomic E-state index is 11.9. The average Bonchev–Trinajstić information content (AvgIpc) is 2.58. The molecule has 122 valence electrons. The maximum absolute atomic E-state index is 11.9. The van der Waals surface area contributed by atoms with Crippen molar-refractivity contribution >= 4 is 5.78 Å². The van der Waals surface area contributed by atoms with Gasteiger partial charge in [-0.25, -0.2) is 0 Å². The predicted octanol–water partition coefficient (Wildman–Crippen LogP) is 5.52. The third kappa shape index (κ3) is 4.95. The summed E-state index contributed by atoms with van der Waals surface area (Å²) < 4.78 is 5.98. The van der Waals surface area contributed by atoms with Crippen molar-refractivity contribution in [3.63, 3.8) is 0 Å². The van der Waals surface area contributed by atoms with Gasteiger partial charge in [-0.15, -0.1) is 0 Å². The third-order valence-corrected chi connectivity index (χ3v) is 4.16. The van der Waals surface area contributed by atoms with Crippen molar-refractivity contribution in [2.75, 3.05) is 0 Å².